The number of pyridine rings is 1. The normalized spacial score (nSPS) is 11.2. The summed E-state index contributed by atoms with van der Waals surface area (Å²) in [6.45, 7) is 3.86. The van der Waals surface area contributed by atoms with Gasteiger partial charge >= 0.3 is 0 Å². The summed E-state index contributed by atoms with van der Waals surface area (Å²) in [6.07, 6.45) is 1.72. The van der Waals surface area contributed by atoms with E-state index in [0.717, 1.165) is 14.6 Å². The van der Waals surface area contributed by atoms with Gasteiger partial charge < -0.3 is 5.32 Å². The molecular weight excluding hydrogens is 384 g/mol. The fraction of sp³-hybridized carbons (Fsp3) is 0.200. The molecule has 0 radical (unpaired) electrons. The molecule has 1 N–H and O–H groups in total. The number of halogens is 2. The molecule has 3 nitrogen and oxygen atoms in total. The average Bonchev–Trinajstić information content (AvgIpc) is 2.39. The number of amides is 1. The summed E-state index contributed by atoms with van der Waals surface area (Å²) < 4.78 is 1.50. The zero-order valence-corrected chi connectivity index (χ0v) is 14.3. The van der Waals surface area contributed by atoms with Gasteiger partial charge in [-0.3, -0.25) is 9.78 Å². The van der Waals surface area contributed by atoms with Crippen molar-refractivity contribution < 1.29 is 4.79 Å². The molecule has 1 heterocycles. The molecule has 1 aromatic heterocycles. The molecule has 0 aliphatic rings. The van der Waals surface area contributed by atoms with Crippen LogP contribution in [0.1, 0.15) is 29.9 Å². The molecule has 0 spiro atoms. The topological polar surface area (TPSA) is 42.0 Å². The quantitative estimate of drug-likeness (QED) is 0.840. The largest absolute Gasteiger partial charge is 0.341 e. The van der Waals surface area contributed by atoms with E-state index in [9.17, 15) is 4.79 Å². The van der Waals surface area contributed by atoms with E-state index < -0.39 is 5.54 Å². The molecule has 1 aromatic carbocycles. The molecule has 20 heavy (non-hydrogen) atoms. The first-order valence-electron chi connectivity index (χ1n) is 6.10. The van der Waals surface area contributed by atoms with Gasteiger partial charge in [-0.2, -0.15) is 0 Å². The summed E-state index contributed by atoms with van der Waals surface area (Å²) >= 11 is 6.81. The minimum absolute atomic E-state index is 0.153. The molecule has 0 saturated heterocycles. The lowest BCUT2D eigenvalue weighted by Crippen LogP contribution is -2.41. The van der Waals surface area contributed by atoms with Gasteiger partial charge in [0.1, 0.15) is 0 Å². The van der Waals surface area contributed by atoms with Crippen molar-refractivity contribution in [1.82, 2.24) is 10.3 Å². The molecule has 0 aliphatic heterocycles. The predicted molar refractivity (Wildman–Crippen MR) is 86.6 cm³/mol. The lowest BCUT2D eigenvalue weighted by Gasteiger charge is -2.26. The van der Waals surface area contributed by atoms with Crippen molar-refractivity contribution in [2.24, 2.45) is 0 Å². The molecule has 5 heteroatoms. The van der Waals surface area contributed by atoms with E-state index in [0.29, 0.717) is 5.56 Å². The van der Waals surface area contributed by atoms with Crippen LogP contribution in [0.3, 0.4) is 0 Å². The van der Waals surface area contributed by atoms with Crippen LogP contribution in [0.2, 0.25) is 0 Å². The number of hydrogen-bond donors (Lipinski definition) is 1. The van der Waals surface area contributed by atoms with Crippen molar-refractivity contribution in [3.63, 3.8) is 0 Å². The van der Waals surface area contributed by atoms with Crippen molar-refractivity contribution in [3.05, 3.63) is 62.8 Å². The van der Waals surface area contributed by atoms with E-state index in [1.54, 1.807) is 6.20 Å². The van der Waals surface area contributed by atoms with Gasteiger partial charge in [0.2, 0.25) is 0 Å². The Morgan fingerprint density at radius 2 is 1.75 bits per heavy atom. The van der Waals surface area contributed by atoms with Crippen LogP contribution < -0.4 is 5.32 Å². The Bertz CT molecular complexity index is 607. The van der Waals surface area contributed by atoms with Crippen LogP contribution in [0.4, 0.5) is 0 Å². The number of carbonyl (C=O) groups is 1. The lowest BCUT2D eigenvalue weighted by molar-refractivity contribution is 0.0908. The summed E-state index contributed by atoms with van der Waals surface area (Å²) in [5.41, 5.74) is 0.848. The van der Waals surface area contributed by atoms with Crippen LogP contribution in [0.5, 0.6) is 0 Å². The highest BCUT2D eigenvalue weighted by molar-refractivity contribution is 9.11. The van der Waals surface area contributed by atoms with E-state index in [-0.39, 0.29) is 5.91 Å². The first kappa shape index (κ1) is 15.2. The van der Waals surface area contributed by atoms with Gasteiger partial charge in [-0.15, -0.1) is 0 Å². The van der Waals surface area contributed by atoms with Crippen molar-refractivity contribution in [2.45, 2.75) is 19.4 Å². The second-order valence-electron chi connectivity index (χ2n) is 4.89. The molecule has 0 bridgehead atoms. The summed E-state index contributed by atoms with van der Waals surface area (Å²) in [6, 6.07) is 11.2. The Morgan fingerprint density at radius 3 is 2.30 bits per heavy atom. The third-order valence-corrected chi connectivity index (χ3v) is 4.24. The van der Waals surface area contributed by atoms with Gasteiger partial charge in [0.15, 0.2) is 0 Å². The second kappa shape index (κ2) is 6.06. The summed E-state index contributed by atoms with van der Waals surface area (Å²) in [7, 11) is 0. The van der Waals surface area contributed by atoms with Gasteiger partial charge in [-0.05, 0) is 70.0 Å². The molecule has 0 fully saturated rings. The molecule has 104 valence electrons. The standard InChI is InChI=1S/C15H14Br2N2O/c1-15(2,12-8-3-4-9-18-12)19-14(20)13-10(16)6-5-7-11(13)17/h3-9H,1-2H3,(H,19,20). The number of carbonyl (C=O) groups excluding carboxylic acids is 1. The summed E-state index contributed by atoms with van der Waals surface area (Å²) in [5, 5.41) is 3.01. The third kappa shape index (κ3) is 3.27. The molecule has 2 rings (SSSR count). The van der Waals surface area contributed by atoms with E-state index in [1.165, 1.54) is 0 Å². The Balaban J connectivity index is 2.28. The highest BCUT2D eigenvalue weighted by atomic mass is 79.9. The maximum absolute atomic E-state index is 12.5. The van der Waals surface area contributed by atoms with E-state index in [2.05, 4.69) is 42.2 Å². The van der Waals surface area contributed by atoms with Crippen molar-refractivity contribution in [2.75, 3.05) is 0 Å². The van der Waals surface area contributed by atoms with Crippen LogP contribution >= 0.6 is 31.9 Å². The maximum atomic E-state index is 12.5. The average molecular weight is 398 g/mol. The van der Waals surface area contributed by atoms with Crippen LogP contribution in [0, 0.1) is 0 Å². The van der Waals surface area contributed by atoms with Gasteiger partial charge in [0, 0.05) is 15.1 Å². The second-order valence-corrected chi connectivity index (χ2v) is 6.60. The molecular formula is C15H14Br2N2O. The first-order valence-corrected chi connectivity index (χ1v) is 7.68. The monoisotopic (exact) mass is 396 g/mol. The fourth-order valence-electron chi connectivity index (χ4n) is 1.86. The highest BCUT2D eigenvalue weighted by Crippen LogP contribution is 2.26. The molecule has 0 unspecified atom stereocenters. The first-order chi connectivity index (χ1) is 9.42. The predicted octanol–water partition coefficient (Wildman–Crippen LogP) is 4.27. The number of rotatable bonds is 3. The van der Waals surface area contributed by atoms with Gasteiger partial charge in [0.25, 0.3) is 5.91 Å². The van der Waals surface area contributed by atoms with Crippen LogP contribution in [0.15, 0.2) is 51.5 Å². The number of nitrogens with one attached hydrogen (secondary N) is 1. The summed E-state index contributed by atoms with van der Waals surface area (Å²) in [4.78, 5) is 16.8. The Morgan fingerprint density at radius 1 is 1.10 bits per heavy atom. The minimum atomic E-state index is -0.549. The molecule has 0 saturated carbocycles. The van der Waals surface area contributed by atoms with Crippen LogP contribution in [-0.4, -0.2) is 10.9 Å². The molecule has 1 amide bonds. The van der Waals surface area contributed by atoms with Crippen LogP contribution in [0.25, 0.3) is 0 Å². The fourth-order valence-corrected chi connectivity index (χ4v) is 3.22. The zero-order valence-electron chi connectivity index (χ0n) is 11.2. The lowest BCUT2D eigenvalue weighted by atomic mass is 9.99. The molecule has 0 atom stereocenters. The SMILES string of the molecule is CC(C)(NC(=O)c1c(Br)cccc1Br)c1ccccn1. The van der Waals surface area contributed by atoms with E-state index in [1.807, 2.05) is 50.2 Å². The Labute approximate surface area is 135 Å². The Hall–Kier alpha value is -1.20. The van der Waals surface area contributed by atoms with Gasteiger partial charge in [0.05, 0.1) is 16.8 Å². The number of nitrogens with zero attached hydrogens (tertiary/aromatic N) is 1. The maximum Gasteiger partial charge on any atom is 0.254 e. The third-order valence-electron chi connectivity index (χ3n) is 2.92. The van der Waals surface area contributed by atoms with Gasteiger partial charge in [-0.25, -0.2) is 0 Å². The van der Waals surface area contributed by atoms with Crippen LogP contribution in [-0.2, 0) is 5.54 Å². The number of benzene rings is 1. The van der Waals surface area contributed by atoms with E-state index >= 15 is 0 Å². The smallest absolute Gasteiger partial charge is 0.254 e. The Kier molecular flexibility index (Phi) is 4.60. The highest BCUT2D eigenvalue weighted by Gasteiger charge is 2.26. The van der Waals surface area contributed by atoms with Crippen molar-refractivity contribution in [3.8, 4) is 0 Å². The van der Waals surface area contributed by atoms with Crippen molar-refractivity contribution in [1.29, 1.82) is 0 Å². The molecule has 2 aromatic rings. The number of hydrogen-bond acceptors (Lipinski definition) is 2. The van der Waals surface area contributed by atoms with Crippen molar-refractivity contribution >= 4 is 37.8 Å². The van der Waals surface area contributed by atoms with E-state index in [4.69, 9.17) is 0 Å². The minimum Gasteiger partial charge on any atom is -0.341 e. The zero-order chi connectivity index (χ0) is 14.8. The molecule has 0 aliphatic carbocycles. The summed E-state index contributed by atoms with van der Waals surface area (Å²) in [5.74, 6) is -0.153. The van der Waals surface area contributed by atoms with Gasteiger partial charge in [-0.1, -0.05) is 12.1 Å². The number of aromatic nitrogens is 1.